The van der Waals surface area contributed by atoms with Crippen molar-refractivity contribution in [2.45, 2.75) is 25.8 Å². The van der Waals surface area contributed by atoms with Gasteiger partial charge in [-0.25, -0.2) is 5.48 Å². The van der Waals surface area contributed by atoms with Crippen molar-refractivity contribution >= 4 is 0 Å². The first kappa shape index (κ1) is 9.23. The molecule has 0 aliphatic carbocycles. The fourth-order valence-corrected chi connectivity index (χ4v) is 1.18. The Labute approximate surface area is 73.2 Å². The van der Waals surface area contributed by atoms with Crippen LogP contribution in [0.5, 0.6) is 0 Å². The molecule has 2 nitrogen and oxygen atoms in total. The van der Waals surface area contributed by atoms with Crippen LogP contribution in [0.1, 0.15) is 18.9 Å². The fraction of sp³-hybridized carbons (Fsp3) is 0.400. The average molecular weight is 165 g/mol. The molecule has 1 aromatic carbocycles. The summed E-state index contributed by atoms with van der Waals surface area (Å²) in [4.78, 5) is 0. The predicted molar refractivity (Wildman–Crippen MR) is 49.1 cm³/mol. The van der Waals surface area contributed by atoms with Crippen LogP contribution in [0.2, 0.25) is 0 Å². The summed E-state index contributed by atoms with van der Waals surface area (Å²) >= 11 is 0. The van der Waals surface area contributed by atoms with Crippen LogP contribution < -0.4 is 5.48 Å². The molecule has 66 valence electrons. The van der Waals surface area contributed by atoms with E-state index in [1.165, 1.54) is 5.56 Å². The topological polar surface area (TPSA) is 32.3 Å². The summed E-state index contributed by atoms with van der Waals surface area (Å²) in [5.74, 6) is 0. The maximum atomic E-state index is 8.74. The lowest BCUT2D eigenvalue weighted by molar-refractivity contribution is 0.123. The normalized spacial score (nSPS) is 12.8. The second-order valence-electron chi connectivity index (χ2n) is 2.92. The maximum Gasteiger partial charge on any atom is 0.0357 e. The van der Waals surface area contributed by atoms with Crippen LogP contribution in [0.3, 0.4) is 0 Å². The zero-order valence-corrected chi connectivity index (χ0v) is 7.33. The molecule has 0 aliphatic heterocycles. The summed E-state index contributed by atoms with van der Waals surface area (Å²) in [6.45, 7) is 2.05. The van der Waals surface area contributed by atoms with Gasteiger partial charge in [0.1, 0.15) is 0 Å². The summed E-state index contributed by atoms with van der Waals surface area (Å²) < 4.78 is 0. The van der Waals surface area contributed by atoms with Gasteiger partial charge >= 0.3 is 0 Å². The third kappa shape index (κ3) is 2.64. The van der Waals surface area contributed by atoms with E-state index in [1.807, 2.05) is 18.2 Å². The number of hydrogen-bond acceptors (Lipinski definition) is 2. The molecule has 1 aromatic rings. The van der Waals surface area contributed by atoms with Crippen molar-refractivity contribution in [1.82, 2.24) is 5.48 Å². The number of hydroxylamine groups is 1. The molecule has 0 amide bonds. The van der Waals surface area contributed by atoms with E-state index in [9.17, 15) is 0 Å². The first-order valence-corrected chi connectivity index (χ1v) is 4.30. The van der Waals surface area contributed by atoms with Gasteiger partial charge in [0, 0.05) is 6.04 Å². The molecule has 0 spiro atoms. The van der Waals surface area contributed by atoms with E-state index in [-0.39, 0.29) is 6.04 Å². The minimum absolute atomic E-state index is 0.174. The SMILES string of the molecule is CC[C@@H](Cc1ccccc1)NO. The van der Waals surface area contributed by atoms with Gasteiger partial charge in [0.25, 0.3) is 0 Å². The summed E-state index contributed by atoms with van der Waals surface area (Å²) in [5, 5.41) is 8.74. The molecule has 0 unspecified atom stereocenters. The van der Waals surface area contributed by atoms with Crippen molar-refractivity contribution in [3.8, 4) is 0 Å². The van der Waals surface area contributed by atoms with Gasteiger partial charge in [-0.05, 0) is 18.4 Å². The second-order valence-corrected chi connectivity index (χ2v) is 2.92. The van der Waals surface area contributed by atoms with Crippen LogP contribution in [-0.4, -0.2) is 11.2 Å². The van der Waals surface area contributed by atoms with Gasteiger partial charge in [0.2, 0.25) is 0 Å². The first-order chi connectivity index (χ1) is 5.86. The van der Waals surface area contributed by atoms with Crippen LogP contribution in [0, 0.1) is 0 Å². The van der Waals surface area contributed by atoms with E-state index < -0.39 is 0 Å². The predicted octanol–water partition coefficient (Wildman–Crippen LogP) is 1.99. The first-order valence-electron chi connectivity index (χ1n) is 4.30. The summed E-state index contributed by atoms with van der Waals surface area (Å²) in [7, 11) is 0. The lowest BCUT2D eigenvalue weighted by atomic mass is 10.1. The van der Waals surface area contributed by atoms with Gasteiger partial charge in [-0.15, -0.1) is 0 Å². The molecule has 2 N–H and O–H groups in total. The molecule has 0 fully saturated rings. The molecule has 2 heteroatoms. The molecule has 0 heterocycles. The van der Waals surface area contributed by atoms with Gasteiger partial charge < -0.3 is 5.21 Å². The Hall–Kier alpha value is -0.860. The number of benzene rings is 1. The largest absolute Gasteiger partial charge is 0.317 e. The highest BCUT2D eigenvalue weighted by Gasteiger charge is 2.03. The van der Waals surface area contributed by atoms with E-state index >= 15 is 0 Å². The molecule has 0 bridgehead atoms. The molecule has 0 radical (unpaired) electrons. The number of rotatable bonds is 4. The molecular formula is C10H15NO. The van der Waals surface area contributed by atoms with Gasteiger partial charge in [-0.1, -0.05) is 37.3 Å². The monoisotopic (exact) mass is 165 g/mol. The molecular weight excluding hydrogens is 150 g/mol. The summed E-state index contributed by atoms with van der Waals surface area (Å²) in [6.07, 6.45) is 1.82. The quantitative estimate of drug-likeness (QED) is 0.669. The van der Waals surface area contributed by atoms with E-state index in [1.54, 1.807) is 0 Å². The minimum Gasteiger partial charge on any atom is -0.317 e. The van der Waals surface area contributed by atoms with Gasteiger partial charge in [-0.2, -0.15) is 0 Å². The summed E-state index contributed by atoms with van der Waals surface area (Å²) in [6, 6.07) is 10.3. The highest BCUT2D eigenvalue weighted by atomic mass is 16.5. The lowest BCUT2D eigenvalue weighted by Crippen LogP contribution is -2.26. The minimum atomic E-state index is 0.174. The Morgan fingerprint density at radius 3 is 2.50 bits per heavy atom. The van der Waals surface area contributed by atoms with Gasteiger partial charge in [0.15, 0.2) is 0 Å². The van der Waals surface area contributed by atoms with E-state index in [0.29, 0.717) is 0 Å². The molecule has 0 saturated heterocycles. The number of nitrogens with one attached hydrogen (secondary N) is 1. The van der Waals surface area contributed by atoms with Crippen molar-refractivity contribution < 1.29 is 5.21 Å². The van der Waals surface area contributed by atoms with E-state index in [4.69, 9.17) is 5.21 Å². The number of hydrogen-bond donors (Lipinski definition) is 2. The molecule has 0 aromatic heterocycles. The highest BCUT2D eigenvalue weighted by molar-refractivity contribution is 5.15. The Morgan fingerprint density at radius 1 is 1.33 bits per heavy atom. The van der Waals surface area contributed by atoms with Gasteiger partial charge in [-0.3, -0.25) is 0 Å². The van der Waals surface area contributed by atoms with Crippen molar-refractivity contribution in [2.75, 3.05) is 0 Å². The van der Waals surface area contributed by atoms with Crippen molar-refractivity contribution in [2.24, 2.45) is 0 Å². The van der Waals surface area contributed by atoms with Crippen molar-refractivity contribution in [3.05, 3.63) is 35.9 Å². The Bertz CT molecular complexity index is 206. The zero-order valence-electron chi connectivity index (χ0n) is 7.33. The van der Waals surface area contributed by atoms with Crippen molar-refractivity contribution in [3.63, 3.8) is 0 Å². The standard InChI is InChI=1S/C10H15NO/c1-2-10(11-12)8-9-6-4-3-5-7-9/h3-7,10-12H,2,8H2,1H3/t10-/m0/s1. The molecule has 1 rings (SSSR count). The maximum absolute atomic E-state index is 8.74. The van der Waals surface area contributed by atoms with Crippen LogP contribution in [-0.2, 0) is 6.42 Å². The fourth-order valence-electron chi connectivity index (χ4n) is 1.18. The van der Waals surface area contributed by atoms with E-state index in [0.717, 1.165) is 12.8 Å². The lowest BCUT2D eigenvalue weighted by Gasteiger charge is -2.11. The Morgan fingerprint density at radius 2 is 2.00 bits per heavy atom. The van der Waals surface area contributed by atoms with Crippen LogP contribution in [0.15, 0.2) is 30.3 Å². The van der Waals surface area contributed by atoms with E-state index in [2.05, 4.69) is 24.5 Å². The molecule has 0 aliphatic rings. The Kier molecular flexibility index (Phi) is 3.77. The molecule has 1 atom stereocenters. The molecule has 12 heavy (non-hydrogen) atoms. The molecule has 0 saturated carbocycles. The highest BCUT2D eigenvalue weighted by Crippen LogP contribution is 2.04. The van der Waals surface area contributed by atoms with Gasteiger partial charge in [0.05, 0.1) is 0 Å². The smallest absolute Gasteiger partial charge is 0.0357 e. The zero-order chi connectivity index (χ0) is 8.81. The Balaban J connectivity index is 2.51. The van der Waals surface area contributed by atoms with Crippen LogP contribution in [0.25, 0.3) is 0 Å². The van der Waals surface area contributed by atoms with Crippen LogP contribution in [0.4, 0.5) is 0 Å². The van der Waals surface area contributed by atoms with Crippen molar-refractivity contribution in [1.29, 1.82) is 0 Å². The third-order valence-corrected chi connectivity index (χ3v) is 2.00. The second kappa shape index (κ2) is 4.91. The third-order valence-electron chi connectivity index (χ3n) is 2.00. The average Bonchev–Trinajstić information content (AvgIpc) is 2.16. The summed E-state index contributed by atoms with van der Waals surface area (Å²) in [5.41, 5.74) is 3.56. The van der Waals surface area contributed by atoms with Crippen LogP contribution >= 0.6 is 0 Å².